The molecule has 0 N–H and O–H groups in total. The van der Waals surface area contributed by atoms with Gasteiger partial charge in [-0.2, -0.15) is 0 Å². The van der Waals surface area contributed by atoms with Crippen molar-refractivity contribution in [3.63, 3.8) is 0 Å². The number of aromatic nitrogens is 2. The highest BCUT2D eigenvalue weighted by atomic mass is 15.1. The molecule has 2 heterocycles. The van der Waals surface area contributed by atoms with Crippen LogP contribution in [0.4, 0.5) is 34.1 Å². The van der Waals surface area contributed by atoms with E-state index >= 15 is 0 Å². The van der Waals surface area contributed by atoms with Crippen molar-refractivity contribution in [3.05, 3.63) is 446 Å². The van der Waals surface area contributed by atoms with Gasteiger partial charge in [0.15, 0.2) is 0 Å². The van der Waals surface area contributed by atoms with Crippen molar-refractivity contribution >= 4 is 121 Å². The quantitative estimate of drug-likeness (QED) is 0.121. The molecule has 4 atom stereocenters. The maximum atomic E-state index is 2.64. The van der Waals surface area contributed by atoms with Crippen LogP contribution in [0, 0.1) is 0 Å². The Hall–Kier alpha value is -14.6. The highest BCUT2D eigenvalue weighted by Gasteiger charge is 2.39. The maximum absolute atomic E-state index is 2.64. The Kier molecular flexibility index (Phi) is 15.7. The van der Waals surface area contributed by atoms with Gasteiger partial charge in [0.25, 0.3) is 0 Å². The number of benzene rings is 19. The summed E-state index contributed by atoms with van der Waals surface area (Å²) in [5.74, 6) is 0.522. The number of hydrogen-bond donors (Lipinski definition) is 0. The fraction of sp³-hybridized carbons (Fsp3) is 0.0536. The molecular weight excluding hydrogens is 1400 g/mol. The molecule has 0 radical (unpaired) electrons. The van der Waals surface area contributed by atoms with Gasteiger partial charge < -0.3 is 18.9 Å². The fourth-order valence-corrected chi connectivity index (χ4v) is 20.2. The number of nitrogens with zero attached hydrogens (tertiary/aromatic N) is 4. The standard InChI is InChI=1S/C112H78N4/c1-71-99-69-100-72(2)110(78-27-9-4-10-28-78)112-94-60-56-92(114(90-54-44-74-24-16-18-30-80(74)64-90)88-51-41-76(42-52-88)82-48-62-108-104(68-82)96-36-20-22-38-106(96)116(108)86-33-13-6-14-34-86)66-84(94)46-58-98(112)102(100)70-101(99)97-57-45-83-65-91(55-59-93(83)111(97)109(71)77-25-7-3-8-26-77)113(89-53-43-73-23-15-17-29-79(73)63-89)87-49-39-75(40-50-87)81-47-61-107-103(67-81)95-35-19-21-37-105(95)115(107)85-31-11-5-12-32-85/h3-72,109-110H,1-2H3. The summed E-state index contributed by atoms with van der Waals surface area (Å²) in [5.41, 5.74) is 32.0. The minimum absolute atomic E-state index is 0.0985. The maximum Gasteiger partial charge on any atom is 0.0541 e. The van der Waals surface area contributed by atoms with Crippen molar-refractivity contribution in [2.75, 3.05) is 9.80 Å². The number of para-hydroxylation sites is 4. The van der Waals surface area contributed by atoms with Gasteiger partial charge in [-0.25, -0.2) is 0 Å². The predicted molar refractivity (Wildman–Crippen MR) is 490 cm³/mol. The predicted octanol–water partition coefficient (Wildman–Crippen LogP) is 30.6. The van der Waals surface area contributed by atoms with Gasteiger partial charge in [-0.3, -0.25) is 0 Å². The summed E-state index contributed by atoms with van der Waals surface area (Å²) in [4.78, 5) is 4.90. The second-order valence-electron chi connectivity index (χ2n) is 31.9. The number of rotatable bonds is 12. The Morgan fingerprint density at radius 2 is 0.534 bits per heavy atom. The van der Waals surface area contributed by atoms with Gasteiger partial charge in [-0.05, 0) is 272 Å². The van der Waals surface area contributed by atoms with E-state index in [4.69, 9.17) is 0 Å². The Morgan fingerprint density at radius 1 is 0.207 bits per heavy atom. The van der Waals surface area contributed by atoms with Crippen LogP contribution in [-0.4, -0.2) is 9.13 Å². The van der Waals surface area contributed by atoms with E-state index in [0.717, 1.165) is 45.5 Å². The zero-order valence-electron chi connectivity index (χ0n) is 64.4. The zero-order valence-corrected chi connectivity index (χ0v) is 64.4. The fourth-order valence-electron chi connectivity index (χ4n) is 20.2. The first-order chi connectivity index (χ1) is 57.3. The van der Waals surface area contributed by atoms with Crippen molar-refractivity contribution in [2.45, 2.75) is 37.5 Å². The Bertz CT molecular complexity index is 7040. The minimum atomic E-state index is 0.0985. The molecule has 2 aromatic heterocycles. The molecule has 0 spiro atoms. The molecule has 4 nitrogen and oxygen atoms in total. The molecule has 0 fully saturated rings. The summed E-state index contributed by atoms with van der Waals surface area (Å²) in [7, 11) is 0. The molecule has 546 valence electrons. The molecule has 19 aromatic carbocycles. The first kappa shape index (κ1) is 67.1. The molecule has 4 unspecified atom stereocenters. The molecule has 2 aliphatic rings. The second-order valence-corrected chi connectivity index (χ2v) is 31.9. The first-order valence-electron chi connectivity index (χ1n) is 40.7. The van der Waals surface area contributed by atoms with E-state index in [1.165, 1.54) is 165 Å². The first-order valence-corrected chi connectivity index (χ1v) is 40.7. The van der Waals surface area contributed by atoms with E-state index in [9.17, 15) is 0 Å². The smallest absolute Gasteiger partial charge is 0.0541 e. The number of fused-ring (bicyclic) bond motifs is 18. The van der Waals surface area contributed by atoms with Gasteiger partial charge in [-0.15, -0.1) is 0 Å². The molecule has 2 aliphatic carbocycles. The third-order valence-corrected chi connectivity index (χ3v) is 25.6. The third-order valence-electron chi connectivity index (χ3n) is 25.6. The highest BCUT2D eigenvalue weighted by Crippen LogP contribution is 2.59. The summed E-state index contributed by atoms with van der Waals surface area (Å²) < 4.78 is 4.77. The molecule has 0 saturated heterocycles. The lowest BCUT2D eigenvalue weighted by Crippen LogP contribution is -2.21. The Labute approximate surface area is 674 Å². The molecule has 21 aromatic rings. The van der Waals surface area contributed by atoms with Crippen LogP contribution < -0.4 is 9.80 Å². The Morgan fingerprint density at radius 3 is 0.957 bits per heavy atom. The van der Waals surface area contributed by atoms with Crippen LogP contribution in [-0.2, 0) is 0 Å². The second kappa shape index (κ2) is 27.1. The average Bonchev–Trinajstić information content (AvgIpc) is 0.801. The summed E-state index contributed by atoms with van der Waals surface area (Å²) in [6, 6.07) is 155. The van der Waals surface area contributed by atoms with E-state index < -0.39 is 0 Å². The summed E-state index contributed by atoms with van der Waals surface area (Å²) in [6.07, 6.45) is 0. The Balaban J connectivity index is 0.637. The lowest BCUT2D eigenvalue weighted by Gasteiger charge is -2.39. The van der Waals surface area contributed by atoms with Gasteiger partial charge in [-0.1, -0.05) is 287 Å². The van der Waals surface area contributed by atoms with Crippen molar-refractivity contribution in [3.8, 4) is 55.9 Å². The van der Waals surface area contributed by atoms with Crippen LogP contribution in [0.15, 0.2) is 413 Å². The summed E-state index contributed by atoms with van der Waals surface area (Å²) in [5, 5.41) is 14.8. The lowest BCUT2D eigenvalue weighted by molar-refractivity contribution is 0.635. The summed E-state index contributed by atoms with van der Waals surface area (Å²) >= 11 is 0. The molecule has 116 heavy (non-hydrogen) atoms. The van der Waals surface area contributed by atoms with Crippen LogP contribution in [0.2, 0.25) is 0 Å². The van der Waals surface area contributed by atoms with E-state index in [1.54, 1.807) is 0 Å². The van der Waals surface area contributed by atoms with Gasteiger partial charge in [0.05, 0.1) is 22.1 Å². The molecule has 0 bridgehead atoms. The van der Waals surface area contributed by atoms with E-state index in [2.05, 4.69) is 445 Å². The van der Waals surface area contributed by atoms with Gasteiger partial charge in [0, 0.05) is 78.9 Å². The third kappa shape index (κ3) is 10.9. The van der Waals surface area contributed by atoms with E-state index in [0.29, 0.717) is 0 Å². The van der Waals surface area contributed by atoms with Crippen molar-refractivity contribution in [1.82, 2.24) is 9.13 Å². The SMILES string of the molecule is CC1c2cc3c(cc2-c2ccc4cc(N(c5ccc(-c6ccc7c(c6)c6ccccc6n7-c6ccccc6)cc5)c5ccc6ccccc6c5)ccc4c2C1c1ccccc1)-c1ccc2cc(N(c4ccc(-c5ccc6c(c5)c5ccccc5n6-c5ccccc5)cc4)c4ccc5ccccc5c4)ccc2c1C(c1ccccc1)C3C. The topological polar surface area (TPSA) is 16.3 Å². The molecule has 0 amide bonds. The largest absolute Gasteiger partial charge is 0.310 e. The lowest BCUT2D eigenvalue weighted by atomic mass is 9.64. The molecule has 4 heteroatoms. The van der Waals surface area contributed by atoms with Crippen LogP contribution >= 0.6 is 0 Å². The average molecular weight is 1480 g/mol. The van der Waals surface area contributed by atoms with Crippen molar-refractivity contribution in [1.29, 1.82) is 0 Å². The van der Waals surface area contributed by atoms with E-state index in [-0.39, 0.29) is 23.7 Å². The van der Waals surface area contributed by atoms with Crippen LogP contribution in [0.3, 0.4) is 0 Å². The van der Waals surface area contributed by atoms with Gasteiger partial charge in [0.2, 0.25) is 0 Å². The molecule has 0 saturated carbocycles. The van der Waals surface area contributed by atoms with Crippen LogP contribution in [0.1, 0.15) is 70.9 Å². The van der Waals surface area contributed by atoms with Gasteiger partial charge in [0.1, 0.15) is 0 Å². The summed E-state index contributed by atoms with van der Waals surface area (Å²) in [6.45, 7) is 4.99. The monoisotopic (exact) mass is 1480 g/mol. The molecular formula is C112H78N4. The van der Waals surface area contributed by atoms with Gasteiger partial charge >= 0.3 is 0 Å². The van der Waals surface area contributed by atoms with Crippen LogP contribution in [0.25, 0.3) is 143 Å². The highest BCUT2D eigenvalue weighted by molar-refractivity contribution is 6.12. The van der Waals surface area contributed by atoms with Crippen molar-refractivity contribution in [2.24, 2.45) is 0 Å². The number of anilines is 6. The zero-order chi connectivity index (χ0) is 76.6. The van der Waals surface area contributed by atoms with E-state index in [1.807, 2.05) is 0 Å². The normalized spacial score (nSPS) is 15.0. The number of hydrogen-bond acceptors (Lipinski definition) is 2. The van der Waals surface area contributed by atoms with Crippen LogP contribution in [0.5, 0.6) is 0 Å². The molecule has 0 aliphatic heterocycles. The minimum Gasteiger partial charge on any atom is -0.310 e. The molecule has 23 rings (SSSR count). The van der Waals surface area contributed by atoms with Crippen molar-refractivity contribution < 1.29 is 0 Å².